The summed E-state index contributed by atoms with van der Waals surface area (Å²) >= 11 is 0. The van der Waals surface area contributed by atoms with Gasteiger partial charge in [0.25, 0.3) is 0 Å². The van der Waals surface area contributed by atoms with Gasteiger partial charge in [0.1, 0.15) is 5.75 Å². The Morgan fingerprint density at radius 2 is 1.68 bits per heavy atom. The first-order valence-electron chi connectivity index (χ1n) is 6.08. The third-order valence-electron chi connectivity index (χ3n) is 3.09. The van der Waals surface area contributed by atoms with Gasteiger partial charge in [-0.2, -0.15) is 0 Å². The van der Waals surface area contributed by atoms with Crippen molar-refractivity contribution in [3.05, 3.63) is 71.3 Å². The van der Waals surface area contributed by atoms with Gasteiger partial charge in [0, 0.05) is 11.1 Å². The molecule has 1 heterocycles. The number of ether oxygens (including phenoxy) is 1. The third kappa shape index (κ3) is 2.16. The monoisotopic (exact) mass is 251 g/mol. The quantitative estimate of drug-likeness (QED) is 0.835. The second-order valence-electron chi connectivity index (χ2n) is 4.37. The number of hydrogen-bond acceptors (Lipinski definition) is 3. The number of carbonyl (C=O) groups is 1. The highest BCUT2D eigenvalue weighted by Gasteiger charge is 2.25. The first kappa shape index (κ1) is 11.7. The van der Waals surface area contributed by atoms with Crippen LogP contribution in [0.15, 0.2) is 60.2 Å². The average molecular weight is 251 g/mol. The molecule has 0 amide bonds. The van der Waals surface area contributed by atoms with Crippen LogP contribution in [0, 0.1) is 0 Å². The predicted octanol–water partition coefficient (Wildman–Crippen LogP) is 2.63. The molecule has 2 aromatic rings. The number of hydrogen-bond donors (Lipinski definition) is 1. The van der Waals surface area contributed by atoms with E-state index >= 15 is 0 Å². The van der Waals surface area contributed by atoms with Gasteiger partial charge in [0.15, 0.2) is 12.0 Å². The third-order valence-corrected chi connectivity index (χ3v) is 3.09. The van der Waals surface area contributed by atoms with Crippen molar-refractivity contribution in [1.29, 1.82) is 0 Å². The molecule has 2 N–H and O–H groups in total. The minimum atomic E-state index is -0.720. The number of para-hydroxylation sites is 1. The number of nitrogens with two attached hydrogens (primary N) is 1. The van der Waals surface area contributed by atoms with Crippen molar-refractivity contribution in [2.45, 2.75) is 6.23 Å². The molecule has 0 aliphatic carbocycles. The molecule has 0 spiro atoms. The van der Waals surface area contributed by atoms with Crippen LogP contribution in [-0.2, 0) is 0 Å². The van der Waals surface area contributed by atoms with Crippen LogP contribution in [0.3, 0.4) is 0 Å². The molecule has 1 aliphatic heterocycles. The van der Waals surface area contributed by atoms with Crippen molar-refractivity contribution in [1.82, 2.24) is 0 Å². The van der Waals surface area contributed by atoms with E-state index < -0.39 is 6.23 Å². The molecule has 3 nitrogen and oxygen atoms in total. The Balaban J connectivity index is 2.02. The number of benzene rings is 2. The zero-order valence-corrected chi connectivity index (χ0v) is 10.2. The van der Waals surface area contributed by atoms with Crippen molar-refractivity contribution in [3.63, 3.8) is 0 Å². The van der Waals surface area contributed by atoms with Gasteiger partial charge in [-0.05, 0) is 12.1 Å². The minimum Gasteiger partial charge on any atom is -0.471 e. The molecule has 3 rings (SSSR count). The fourth-order valence-electron chi connectivity index (χ4n) is 2.11. The van der Waals surface area contributed by atoms with Gasteiger partial charge in [-0.15, -0.1) is 0 Å². The number of Topliss-reactive ketones (excluding diaryl/α,β-unsaturated/α-hetero) is 1. The summed E-state index contributed by atoms with van der Waals surface area (Å²) in [6.07, 6.45) is 1.08. The summed E-state index contributed by atoms with van der Waals surface area (Å²) in [6, 6.07) is 16.6. The Kier molecular flexibility index (Phi) is 2.89. The Morgan fingerprint density at radius 1 is 1.00 bits per heavy atom. The molecule has 19 heavy (non-hydrogen) atoms. The summed E-state index contributed by atoms with van der Waals surface area (Å²) in [6.45, 7) is 0. The highest BCUT2D eigenvalue weighted by Crippen LogP contribution is 2.29. The van der Waals surface area contributed by atoms with Gasteiger partial charge < -0.3 is 4.74 Å². The molecule has 0 aromatic heterocycles. The van der Waals surface area contributed by atoms with E-state index in [1.165, 1.54) is 0 Å². The maximum Gasteiger partial charge on any atom is 0.194 e. The smallest absolute Gasteiger partial charge is 0.194 e. The molecule has 3 heteroatoms. The van der Waals surface area contributed by atoms with Gasteiger partial charge in [-0.1, -0.05) is 48.5 Å². The van der Waals surface area contributed by atoms with Crippen LogP contribution >= 0.6 is 0 Å². The molecule has 0 fully saturated rings. The van der Waals surface area contributed by atoms with E-state index in [0.29, 0.717) is 16.9 Å². The summed E-state index contributed by atoms with van der Waals surface area (Å²) in [5, 5.41) is 0. The Morgan fingerprint density at radius 3 is 2.47 bits per heavy atom. The Labute approximate surface area is 111 Å². The summed E-state index contributed by atoms with van der Waals surface area (Å²) in [7, 11) is 0. The molecule has 1 atom stereocenters. The molecule has 0 saturated carbocycles. The van der Waals surface area contributed by atoms with E-state index in [9.17, 15) is 4.79 Å². The van der Waals surface area contributed by atoms with Crippen LogP contribution in [-0.4, -0.2) is 12.0 Å². The lowest BCUT2D eigenvalue weighted by Gasteiger charge is -2.23. The fourth-order valence-corrected chi connectivity index (χ4v) is 2.11. The first-order chi connectivity index (χ1) is 9.25. The van der Waals surface area contributed by atoms with E-state index in [4.69, 9.17) is 10.5 Å². The maximum absolute atomic E-state index is 12.4. The largest absolute Gasteiger partial charge is 0.471 e. The van der Waals surface area contributed by atoms with Gasteiger partial charge in [-0.3, -0.25) is 10.5 Å². The molecule has 2 aromatic carbocycles. The second kappa shape index (κ2) is 4.71. The lowest BCUT2D eigenvalue weighted by molar-refractivity contribution is 0.0998. The van der Waals surface area contributed by atoms with Crippen molar-refractivity contribution in [3.8, 4) is 5.75 Å². The van der Waals surface area contributed by atoms with Crippen LogP contribution in [0.5, 0.6) is 5.75 Å². The van der Waals surface area contributed by atoms with Crippen molar-refractivity contribution in [2.24, 2.45) is 5.73 Å². The topological polar surface area (TPSA) is 52.3 Å². The number of fused-ring (bicyclic) bond motifs is 1. The first-order valence-corrected chi connectivity index (χ1v) is 6.08. The Bertz CT molecular complexity index is 647. The number of ketones is 1. The zero-order chi connectivity index (χ0) is 13.2. The van der Waals surface area contributed by atoms with E-state index in [2.05, 4.69) is 0 Å². The van der Waals surface area contributed by atoms with Crippen LogP contribution in [0.4, 0.5) is 0 Å². The molecule has 94 valence electrons. The van der Waals surface area contributed by atoms with E-state index in [1.54, 1.807) is 18.2 Å². The molecule has 0 saturated heterocycles. The summed E-state index contributed by atoms with van der Waals surface area (Å²) in [4.78, 5) is 12.4. The summed E-state index contributed by atoms with van der Waals surface area (Å²) in [5.74, 6) is 0.613. The van der Waals surface area contributed by atoms with Gasteiger partial charge >= 0.3 is 0 Å². The van der Waals surface area contributed by atoms with E-state index in [1.807, 2.05) is 42.5 Å². The van der Waals surface area contributed by atoms with Gasteiger partial charge in [0.05, 0.1) is 5.57 Å². The highest BCUT2D eigenvalue weighted by molar-refractivity contribution is 6.12. The number of rotatable bonds is 2. The minimum absolute atomic E-state index is 0.0948. The molecule has 1 aliphatic rings. The SMILES string of the molecule is NC1Oc2ccccc2C=C1C(=O)c1ccccc1. The fraction of sp³-hybridized carbons (Fsp3) is 0.0625. The second-order valence-corrected chi connectivity index (χ2v) is 4.37. The highest BCUT2D eigenvalue weighted by atomic mass is 16.5. The molecule has 1 unspecified atom stereocenters. The lowest BCUT2D eigenvalue weighted by atomic mass is 9.98. The predicted molar refractivity (Wildman–Crippen MR) is 73.8 cm³/mol. The van der Waals surface area contributed by atoms with Crippen LogP contribution in [0.25, 0.3) is 6.08 Å². The van der Waals surface area contributed by atoms with Crippen molar-refractivity contribution in [2.75, 3.05) is 0 Å². The average Bonchev–Trinajstić information content (AvgIpc) is 2.47. The molecular formula is C16H13NO2. The van der Waals surface area contributed by atoms with Crippen molar-refractivity contribution < 1.29 is 9.53 Å². The Hall–Kier alpha value is -2.39. The standard InChI is InChI=1S/C16H13NO2/c17-16-13(15(18)11-6-2-1-3-7-11)10-12-8-4-5-9-14(12)19-16/h1-10,16H,17H2. The summed E-state index contributed by atoms with van der Waals surface area (Å²) < 4.78 is 5.58. The van der Waals surface area contributed by atoms with Crippen molar-refractivity contribution >= 4 is 11.9 Å². The van der Waals surface area contributed by atoms with Crippen LogP contribution in [0.1, 0.15) is 15.9 Å². The van der Waals surface area contributed by atoms with Gasteiger partial charge in [0.2, 0.25) is 0 Å². The molecule has 0 radical (unpaired) electrons. The van der Waals surface area contributed by atoms with Crippen LogP contribution < -0.4 is 10.5 Å². The normalized spacial score (nSPS) is 17.1. The lowest BCUT2D eigenvalue weighted by Crippen LogP contribution is -2.35. The molecular weight excluding hydrogens is 238 g/mol. The van der Waals surface area contributed by atoms with Crippen LogP contribution in [0.2, 0.25) is 0 Å². The maximum atomic E-state index is 12.4. The van der Waals surface area contributed by atoms with Gasteiger partial charge in [-0.25, -0.2) is 0 Å². The molecule has 0 bridgehead atoms. The van der Waals surface area contributed by atoms with E-state index in [0.717, 1.165) is 5.56 Å². The number of carbonyl (C=O) groups excluding carboxylic acids is 1. The summed E-state index contributed by atoms with van der Waals surface area (Å²) in [5.41, 5.74) is 7.89. The van der Waals surface area contributed by atoms with E-state index in [-0.39, 0.29) is 5.78 Å². The zero-order valence-electron chi connectivity index (χ0n) is 10.2.